The zero-order valence-corrected chi connectivity index (χ0v) is 12.3. The van der Waals surface area contributed by atoms with E-state index in [4.69, 9.17) is 23.2 Å². The number of rotatable bonds is 6. The monoisotopic (exact) mass is 287 g/mol. The van der Waals surface area contributed by atoms with Crippen LogP contribution in [0.3, 0.4) is 0 Å². The van der Waals surface area contributed by atoms with Crippen LogP contribution in [0.1, 0.15) is 49.9 Å². The van der Waals surface area contributed by atoms with Crippen LogP contribution in [-0.4, -0.2) is 11.9 Å². The fraction of sp³-hybridized carbons (Fsp3) is 0.500. The SMILES string of the molecule is CCCCCC(C)NC(=O)c1ccc(Cl)cc1Cl. The highest BCUT2D eigenvalue weighted by Gasteiger charge is 2.12. The standard InChI is InChI=1S/C14H19Cl2NO/c1-3-4-5-6-10(2)17-14(18)12-8-7-11(15)9-13(12)16/h7-10H,3-6H2,1-2H3,(H,17,18). The van der Waals surface area contributed by atoms with E-state index in [-0.39, 0.29) is 11.9 Å². The van der Waals surface area contributed by atoms with E-state index in [0.29, 0.717) is 15.6 Å². The minimum absolute atomic E-state index is 0.138. The molecule has 0 aliphatic heterocycles. The van der Waals surface area contributed by atoms with Gasteiger partial charge in [0.1, 0.15) is 0 Å². The molecule has 1 aromatic carbocycles. The molecule has 0 aliphatic rings. The molecule has 1 unspecified atom stereocenters. The van der Waals surface area contributed by atoms with Crippen molar-refractivity contribution in [1.29, 1.82) is 0 Å². The normalized spacial score (nSPS) is 12.2. The molecule has 100 valence electrons. The Balaban J connectivity index is 2.54. The van der Waals surface area contributed by atoms with E-state index in [1.54, 1.807) is 18.2 Å². The molecule has 1 aromatic rings. The van der Waals surface area contributed by atoms with Crippen LogP contribution in [0.5, 0.6) is 0 Å². The van der Waals surface area contributed by atoms with E-state index < -0.39 is 0 Å². The molecule has 0 radical (unpaired) electrons. The van der Waals surface area contributed by atoms with Gasteiger partial charge >= 0.3 is 0 Å². The van der Waals surface area contributed by atoms with E-state index in [1.807, 2.05) is 6.92 Å². The lowest BCUT2D eigenvalue weighted by Gasteiger charge is -2.14. The van der Waals surface area contributed by atoms with Gasteiger partial charge in [0, 0.05) is 11.1 Å². The van der Waals surface area contributed by atoms with Gasteiger partial charge in [-0.1, -0.05) is 49.4 Å². The van der Waals surface area contributed by atoms with Gasteiger partial charge in [-0.15, -0.1) is 0 Å². The zero-order valence-electron chi connectivity index (χ0n) is 10.8. The lowest BCUT2D eigenvalue weighted by atomic mass is 10.1. The highest BCUT2D eigenvalue weighted by atomic mass is 35.5. The van der Waals surface area contributed by atoms with Gasteiger partial charge in [0.05, 0.1) is 10.6 Å². The summed E-state index contributed by atoms with van der Waals surface area (Å²) in [6, 6.07) is 5.07. The fourth-order valence-corrected chi connectivity index (χ4v) is 2.24. The minimum Gasteiger partial charge on any atom is -0.350 e. The van der Waals surface area contributed by atoms with Gasteiger partial charge in [0.2, 0.25) is 0 Å². The van der Waals surface area contributed by atoms with Gasteiger partial charge in [-0.2, -0.15) is 0 Å². The maximum atomic E-state index is 12.0. The van der Waals surface area contributed by atoms with Gasteiger partial charge in [-0.3, -0.25) is 4.79 Å². The summed E-state index contributed by atoms with van der Waals surface area (Å²) in [5.41, 5.74) is 0.475. The Morgan fingerprint density at radius 2 is 2.06 bits per heavy atom. The molecule has 0 saturated carbocycles. The van der Waals surface area contributed by atoms with Crippen LogP contribution in [0.2, 0.25) is 10.0 Å². The molecule has 0 heterocycles. The smallest absolute Gasteiger partial charge is 0.253 e. The summed E-state index contributed by atoms with van der Waals surface area (Å²) in [5, 5.41) is 3.87. The van der Waals surface area contributed by atoms with E-state index in [2.05, 4.69) is 12.2 Å². The molecule has 1 N–H and O–H groups in total. The topological polar surface area (TPSA) is 29.1 Å². The second-order valence-corrected chi connectivity index (χ2v) is 5.34. The van der Waals surface area contributed by atoms with Crippen molar-refractivity contribution in [2.75, 3.05) is 0 Å². The Morgan fingerprint density at radius 1 is 1.33 bits per heavy atom. The predicted molar refractivity (Wildman–Crippen MR) is 77.5 cm³/mol. The minimum atomic E-state index is -0.138. The first kappa shape index (κ1) is 15.3. The maximum Gasteiger partial charge on any atom is 0.253 e. The van der Waals surface area contributed by atoms with Crippen LogP contribution in [0.25, 0.3) is 0 Å². The van der Waals surface area contributed by atoms with Crippen molar-refractivity contribution in [3.63, 3.8) is 0 Å². The van der Waals surface area contributed by atoms with Crippen LogP contribution >= 0.6 is 23.2 Å². The Kier molecular flexibility index (Phi) is 6.51. The number of hydrogen-bond donors (Lipinski definition) is 1. The first-order valence-electron chi connectivity index (χ1n) is 6.30. The third-order valence-corrected chi connectivity index (χ3v) is 3.34. The number of nitrogens with one attached hydrogen (secondary N) is 1. The summed E-state index contributed by atoms with van der Waals surface area (Å²) in [4.78, 5) is 12.0. The van der Waals surface area contributed by atoms with Crippen molar-refractivity contribution in [3.05, 3.63) is 33.8 Å². The number of benzene rings is 1. The van der Waals surface area contributed by atoms with Crippen molar-refractivity contribution >= 4 is 29.1 Å². The predicted octanol–water partition coefficient (Wildman–Crippen LogP) is 4.69. The molecule has 0 fully saturated rings. The number of hydrogen-bond acceptors (Lipinski definition) is 1. The molecular formula is C14H19Cl2NO. The lowest BCUT2D eigenvalue weighted by molar-refractivity contribution is 0.0938. The number of halogens is 2. The first-order valence-corrected chi connectivity index (χ1v) is 7.06. The summed E-state index contributed by atoms with van der Waals surface area (Å²) in [6.45, 7) is 4.17. The van der Waals surface area contributed by atoms with Crippen LogP contribution in [0.15, 0.2) is 18.2 Å². The average Bonchev–Trinajstić information content (AvgIpc) is 2.28. The van der Waals surface area contributed by atoms with Crippen molar-refractivity contribution in [2.45, 2.75) is 45.6 Å². The van der Waals surface area contributed by atoms with Gasteiger partial charge in [0.15, 0.2) is 0 Å². The summed E-state index contributed by atoms with van der Waals surface area (Å²) < 4.78 is 0. The number of unbranched alkanes of at least 4 members (excludes halogenated alkanes) is 2. The Hall–Kier alpha value is -0.730. The van der Waals surface area contributed by atoms with Gasteiger partial charge in [-0.05, 0) is 31.5 Å². The fourth-order valence-electron chi connectivity index (χ4n) is 1.75. The average molecular weight is 288 g/mol. The van der Waals surface area contributed by atoms with E-state index in [0.717, 1.165) is 12.8 Å². The summed E-state index contributed by atoms with van der Waals surface area (Å²) in [6.07, 6.45) is 4.50. The molecular weight excluding hydrogens is 269 g/mol. The highest BCUT2D eigenvalue weighted by molar-refractivity contribution is 6.36. The van der Waals surface area contributed by atoms with E-state index in [1.165, 1.54) is 12.8 Å². The quantitative estimate of drug-likeness (QED) is 0.756. The van der Waals surface area contributed by atoms with Crippen molar-refractivity contribution in [3.8, 4) is 0 Å². The molecule has 2 nitrogen and oxygen atoms in total. The molecule has 1 amide bonds. The molecule has 0 bridgehead atoms. The summed E-state index contributed by atoms with van der Waals surface area (Å²) >= 11 is 11.8. The lowest BCUT2D eigenvalue weighted by Crippen LogP contribution is -2.32. The number of carbonyl (C=O) groups is 1. The Bertz CT molecular complexity index is 407. The maximum absolute atomic E-state index is 12.0. The molecule has 18 heavy (non-hydrogen) atoms. The summed E-state index contributed by atoms with van der Waals surface area (Å²) in [7, 11) is 0. The Morgan fingerprint density at radius 3 is 2.67 bits per heavy atom. The van der Waals surface area contributed by atoms with Crippen LogP contribution in [0, 0.1) is 0 Å². The van der Waals surface area contributed by atoms with E-state index >= 15 is 0 Å². The summed E-state index contributed by atoms with van der Waals surface area (Å²) in [5.74, 6) is -0.138. The molecule has 4 heteroatoms. The molecule has 0 aromatic heterocycles. The third-order valence-electron chi connectivity index (χ3n) is 2.79. The van der Waals surface area contributed by atoms with Gasteiger partial charge < -0.3 is 5.32 Å². The number of carbonyl (C=O) groups excluding carboxylic acids is 1. The molecule has 1 rings (SSSR count). The van der Waals surface area contributed by atoms with Crippen LogP contribution in [0.4, 0.5) is 0 Å². The van der Waals surface area contributed by atoms with Crippen molar-refractivity contribution in [2.24, 2.45) is 0 Å². The van der Waals surface area contributed by atoms with Crippen molar-refractivity contribution < 1.29 is 4.79 Å². The first-order chi connectivity index (χ1) is 8.54. The number of amides is 1. The molecule has 0 aliphatic carbocycles. The highest BCUT2D eigenvalue weighted by Crippen LogP contribution is 2.21. The third kappa shape index (κ3) is 4.87. The van der Waals surface area contributed by atoms with Gasteiger partial charge in [-0.25, -0.2) is 0 Å². The van der Waals surface area contributed by atoms with E-state index in [9.17, 15) is 4.79 Å². The molecule has 0 saturated heterocycles. The van der Waals surface area contributed by atoms with Crippen molar-refractivity contribution in [1.82, 2.24) is 5.32 Å². The van der Waals surface area contributed by atoms with Crippen LogP contribution < -0.4 is 5.32 Å². The second-order valence-electron chi connectivity index (χ2n) is 4.49. The largest absolute Gasteiger partial charge is 0.350 e. The second kappa shape index (κ2) is 7.65. The molecule has 1 atom stereocenters. The Labute approximate surface area is 119 Å². The van der Waals surface area contributed by atoms with Gasteiger partial charge in [0.25, 0.3) is 5.91 Å². The van der Waals surface area contributed by atoms with Crippen LogP contribution in [-0.2, 0) is 0 Å². The zero-order chi connectivity index (χ0) is 13.5. The molecule has 0 spiro atoms.